The average Bonchev–Trinajstić information content (AvgIpc) is 2.86. The van der Waals surface area contributed by atoms with Crippen LogP contribution < -0.4 is 0 Å². The maximum Gasteiger partial charge on any atom is 0.408 e. The molecule has 0 aromatic heterocycles. The number of rotatable bonds is 3. The Kier molecular flexibility index (Phi) is 3.81. The molecule has 17 heavy (non-hydrogen) atoms. The highest BCUT2D eigenvalue weighted by atomic mass is 32.2. The Hall–Kier alpha value is -0.910. The summed E-state index contributed by atoms with van der Waals surface area (Å²) in [4.78, 5) is 23.0. The van der Waals surface area contributed by atoms with Gasteiger partial charge < -0.3 is 10.2 Å². The number of amides is 1. The molecule has 0 spiro atoms. The highest BCUT2D eigenvalue weighted by Gasteiger charge is 2.40. The van der Waals surface area contributed by atoms with Gasteiger partial charge in [-0.1, -0.05) is 12.8 Å². The first-order valence-electron chi connectivity index (χ1n) is 5.95. The van der Waals surface area contributed by atoms with Gasteiger partial charge in [-0.05, 0) is 19.3 Å². The Balaban J connectivity index is 1.93. The summed E-state index contributed by atoms with van der Waals surface area (Å²) in [6.07, 6.45) is 4.19. The summed E-state index contributed by atoms with van der Waals surface area (Å²) in [5.41, 5.74) is 0. The molecule has 0 bridgehead atoms. The van der Waals surface area contributed by atoms with Crippen LogP contribution in [0.5, 0.6) is 0 Å². The summed E-state index contributed by atoms with van der Waals surface area (Å²) in [5.74, 6) is -1.03. The van der Waals surface area contributed by atoms with Crippen LogP contribution in [0.25, 0.3) is 0 Å². The van der Waals surface area contributed by atoms with Crippen molar-refractivity contribution in [1.82, 2.24) is 4.90 Å². The minimum absolute atomic E-state index is 0.148. The minimum Gasteiger partial charge on any atom is -0.480 e. The molecule has 2 fully saturated rings. The van der Waals surface area contributed by atoms with Crippen LogP contribution in [0.15, 0.2) is 0 Å². The standard InChI is InChI=1S/C11H17NO4S/c13-10(14)9-5-8(6-12(9)11(15)16)17-7-3-1-2-4-7/h7-9H,1-6H2,(H,13,14)(H,15,16)/t8-,9+/m1/s1. The molecule has 5 nitrogen and oxygen atoms in total. The average molecular weight is 259 g/mol. The predicted octanol–water partition coefficient (Wildman–Crippen LogP) is 1.87. The molecule has 1 aliphatic heterocycles. The Morgan fingerprint density at radius 1 is 1.12 bits per heavy atom. The van der Waals surface area contributed by atoms with E-state index in [4.69, 9.17) is 10.2 Å². The second kappa shape index (κ2) is 5.16. The van der Waals surface area contributed by atoms with Crippen LogP contribution in [0, 0.1) is 0 Å². The molecule has 0 radical (unpaired) electrons. The van der Waals surface area contributed by atoms with Crippen molar-refractivity contribution in [3.63, 3.8) is 0 Å². The van der Waals surface area contributed by atoms with E-state index in [-0.39, 0.29) is 5.25 Å². The Morgan fingerprint density at radius 3 is 2.24 bits per heavy atom. The third-order valence-corrected chi connectivity index (χ3v) is 5.06. The lowest BCUT2D eigenvalue weighted by Gasteiger charge is -2.17. The first-order chi connectivity index (χ1) is 8.08. The van der Waals surface area contributed by atoms with Crippen molar-refractivity contribution in [3.8, 4) is 0 Å². The largest absolute Gasteiger partial charge is 0.480 e. The van der Waals surface area contributed by atoms with E-state index >= 15 is 0 Å². The molecule has 2 atom stereocenters. The number of carbonyl (C=O) groups is 2. The van der Waals surface area contributed by atoms with Gasteiger partial charge in [-0.15, -0.1) is 0 Å². The van der Waals surface area contributed by atoms with Crippen molar-refractivity contribution in [2.75, 3.05) is 6.54 Å². The van der Waals surface area contributed by atoms with Crippen molar-refractivity contribution < 1.29 is 19.8 Å². The van der Waals surface area contributed by atoms with Gasteiger partial charge in [0.2, 0.25) is 0 Å². The molecule has 1 aliphatic carbocycles. The van der Waals surface area contributed by atoms with E-state index in [1.54, 1.807) is 11.8 Å². The molecule has 2 aliphatic rings. The van der Waals surface area contributed by atoms with E-state index < -0.39 is 18.1 Å². The molecule has 1 amide bonds. The first-order valence-corrected chi connectivity index (χ1v) is 6.90. The molecule has 2 rings (SSSR count). The number of hydrogen-bond acceptors (Lipinski definition) is 3. The summed E-state index contributed by atoms with van der Waals surface area (Å²) < 4.78 is 0. The SMILES string of the molecule is O=C(O)[C@@H]1C[C@@H](SC2CCCC2)CN1C(=O)O. The lowest BCUT2D eigenvalue weighted by molar-refractivity contribution is -0.141. The van der Waals surface area contributed by atoms with Crippen LogP contribution in [0.2, 0.25) is 0 Å². The van der Waals surface area contributed by atoms with Gasteiger partial charge in [0, 0.05) is 17.0 Å². The maximum atomic E-state index is 11.0. The number of likely N-dealkylation sites (tertiary alicyclic amines) is 1. The van der Waals surface area contributed by atoms with Gasteiger partial charge in [0.25, 0.3) is 0 Å². The van der Waals surface area contributed by atoms with Crippen molar-refractivity contribution >= 4 is 23.8 Å². The van der Waals surface area contributed by atoms with Gasteiger partial charge in [-0.2, -0.15) is 11.8 Å². The molecule has 1 heterocycles. The van der Waals surface area contributed by atoms with Crippen LogP contribution in [-0.4, -0.2) is 50.3 Å². The zero-order valence-electron chi connectivity index (χ0n) is 9.54. The van der Waals surface area contributed by atoms with Crippen molar-refractivity contribution in [3.05, 3.63) is 0 Å². The van der Waals surface area contributed by atoms with Gasteiger partial charge in [0.1, 0.15) is 6.04 Å². The molecule has 0 aromatic rings. The summed E-state index contributed by atoms with van der Waals surface area (Å²) >= 11 is 1.79. The van der Waals surface area contributed by atoms with E-state index in [9.17, 15) is 9.59 Å². The molecule has 96 valence electrons. The van der Waals surface area contributed by atoms with E-state index in [1.807, 2.05) is 0 Å². The Labute approximate surface area is 104 Å². The van der Waals surface area contributed by atoms with Crippen LogP contribution in [0.1, 0.15) is 32.1 Å². The van der Waals surface area contributed by atoms with Gasteiger partial charge in [0.05, 0.1) is 0 Å². The van der Waals surface area contributed by atoms with Crippen LogP contribution in [0.4, 0.5) is 4.79 Å². The van der Waals surface area contributed by atoms with E-state index in [2.05, 4.69) is 0 Å². The quantitative estimate of drug-likeness (QED) is 0.809. The lowest BCUT2D eigenvalue weighted by atomic mass is 10.2. The van der Waals surface area contributed by atoms with Gasteiger partial charge in [0.15, 0.2) is 0 Å². The van der Waals surface area contributed by atoms with Gasteiger partial charge in [-0.3, -0.25) is 4.90 Å². The van der Waals surface area contributed by atoms with Crippen LogP contribution in [0.3, 0.4) is 0 Å². The number of aliphatic carboxylic acids is 1. The Bertz CT molecular complexity index is 295. The van der Waals surface area contributed by atoms with Crippen LogP contribution >= 0.6 is 11.8 Å². The highest BCUT2D eigenvalue weighted by Crippen LogP contribution is 2.37. The van der Waals surface area contributed by atoms with Crippen molar-refractivity contribution in [2.45, 2.75) is 48.6 Å². The molecule has 1 saturated carbocycles. The normalized spacial score (nSPS) is 29.8. The smallest absolute Gasteiger partial charge is 0.408 e. The highest BCUT2D eigenvalue weighted by molar-refractivity contribution is 8.00. The van der Waals surface area contributed by atoms with Gasteiger partial charge >= 0.3 is 12.1 Å². The fraction of sp³-hybridized carbons (Fsp3) is 0.818. The number of nitrogens with zero attached hydrogens (tertiary/aromatic N) is 1. The number of hydrogen-bond donors (Lipinski definition) is 2. The monoisotopic (exact) mass is 259 g/mol. The molecule has 0 aromatic carbocycles. The van der Waals surface area contributed by atoms with E-state index in [1.165, 1.54) is 25.7 Å². The van der Waals surface area contributed by atoms with Crippen molar-refractivity contribution in [1.29, 1.82) is 0 Å². The zero-order valence-corrected chi connectivity index (χ0v) is 10.4. The number of carboxylic acid groups (broad SMARTS) is 2. The molecule has 1 saturated heterocycles. The predicted molar refractivity (Wildman–Crippen MR) is 64.4 cm³/mol. The molecule has 6 heteroatoms. The van der Waals surface area contributed by atoms with Gasteiger partial charge in [-0.25, -0.2) is 9.59 Å². The molecule has 0 unspecified atom stereocenters. The maximum absolute atomic E-state index is 11.0. The fourth-order valence-corrected chi connectivity index (χ4v) is 4.33. The summed E-state index contributed by atoms with van der Waals surface area (Å²) in [6, 6.07) is -0.855. The van der Waals surface area contributed by atoms with E-state index in [0.717, 1.165) is 4.90 Å². The minimum atomic E-state index is -1.12. The van der Waals surface area contributed by atoms with Crippen molar-refractivity contribution in [2.24, 2.45) is 0 Å². The Morgan fingerprint density at radius 2 is 1.76 bits per heavy atom. The summed E-state index contributed by atoms with van der Waals surface area (Å²) in [5, 5.41) is 18.7. The fourth-order valence-electron chi connectivity index (χ4n) is 2.64. The third-order valence-electron chi connectivity index (χ3n) is 3.48. The molecular formula is C11H17NO4S. The first kappa shape index (κ1) is 12.5. The zero-order chi connectivity index (χ0) is 12.4. The summed E-state index contributed by atoms with van der Waals surface area (Å²) in [6.45, 7) is 0.355. The molecule has 2 N–H and O–H groups in total. The second-order valence-corrected chi connectivity index (χ2v) is 6.29. The topological polar surface area (TPSA) is 77.8 Å². The summed E-state index contributed by atoms with van der Waals surface area (Å²) in [7, 11) is 0. The second-order valence-electron chi connectivity index (χ2n) is 4.69. The van der Waals surface area contributed by atoms with Crippen LogP contribution in [-0.2, 0) is 4.79 Å². The van der Waals surface area contributed by atoms with E-state index in [0.29, 0.717) is 18.2 Å². The molecular weight excluding hydrogens is 242 g/mol. The third kappa shape index (κ3) is 2.86. The number of thioether (sulfide) groups is 1. The number of carboxylic acids is 1. The lowest BCUT2D eigenvalue weighted by Crippen LogP contribution is -2.39.